The molecule has 1 aliphatic rings. The molecule has 0 amide bonds. The number of aromatic nitrogens is 6. The minimum Gasteiger partial charge on any atom is -0.577 e. The summed E-state index contributed by atoms with van der Waals surface area (Å²) < 4.78 is 12.3. The molecule has 0 aliphatic carbocycles. The van der Waals surface area contributed by atoms with Crippen LogP contribution in [0.1, 0.15) is 27.7 Å². The number of rotatable bonds is 8. The molecule has 0 unspecified atom stereocenters. The SMILES string of the molecule is CC1(C)OB(c2ccc3cc(-c4ccccc4)ccc3c2)OC1(C)C.Clc1nc(-c2ccc3ccccc3c2)nc(-c2ccc3ccccc3c2)n1.[PH2-].c1ccc(-c2ccc3cc(-c4nc(-c5ccc6ccccc6c5)nc(-c5ccc6ccccc6c5)n4)ccc3c2)cc1. The largest absolute Gasteiger partial charge is 0.577 e. The van der Waals surface area contributed by atoms with Gasteiger partial charge >= 0.3 is 7.12 Å². The molecule has 0 N–H and O–H groups in total. The summed E-state index contributed by atoms with van der Waals surface area (Å²) in [6.45, 7) is 8.33. The maximum absolute atomic E-state index is 6.22. The van der Waals surface area contributed by atoms with Gasteiger partial charge in [-0.1, -0.05) is 261 Å². The van der Waals surface area contributed by atoms with Gasteiger partial charge in [0.15, 0.2) is 29.1 Å². The maximum atomic E-state index is 6.22. The van der Waals surface area contributed by atoms with Crippen LogP contribution < -0.4 is 5.46 Å². The van der Waals surface area contributed by atoms with Gasteiger partial charge in [0.1, 0.15) is 0 Å². The molecule has 0 bridgehead atoms. The Balaban J connectivity index is 0.000000128. The standard InChI is InChI=1S/C39H25N3.C23H14ClN3.C22H23BO2.H2P/c1-2-8-26(9-3-1)31-16-17-33-25-36(21-18-32(33)22-31)39-41-37(34-19-14-27-10-4-6-12-29(27)23-34)40-38(42-39)35-20-15-28-11-5-7-13-30(28)24-35;24-23-26-21(19-11-9-15-5-1-3-7-17(15)13-19)25-22(27-23)20-12-10-16-6-2-4-8-18(16)14-20;1-21(2)22(3,4)25-23(24-21)20-13-12-18-14-17(10-11-19(18)15-20)16-8-6-5-7-9-16;/h1-25H;1-14H;5-15H,1-4H3;1H2/q;;;-1. The molecule has 0 saturated carbocycles. The first-order valence-corrected chi connectivity index (χ1v) is 32.0. The highest BCUT2D eigenvalue weighted by molar-refractivity contribution is 6.92. The summed E-state index contributed by atoms with van der Waals surface area (Å²) in [6.07, 6.45) is 0. The van der Waals surface area contributed by atoms with Gasteiger partial charge in [-0.2, -0.15) is 9.97 Å². The Bertz CT molecular complexity index is 5310. The third-order valence-electron chi connectivity index (χ3n) is 18.0. The van der Waals surface area contributed by atoms with E-state index >= 15 is 0 Å². The van der Waals surface area contributed by atoms with E-state index in [2.05, 4.69) is 297 Å². The average molecular weight is 1270 g/mol. The van der Waals surface area contributed by atoms with E-state index in [4.69, 9.17) is 35.9 Å². The van der Waals surface area contributed by atoms with E-state index in [1.165, 1.54) is 60.0 Å². The molecule has 1 fully saturated rings. The predicted molar refractivity (Wildman–Crippen MR) is 400 cm³/mol. The molecule has 1 aliphatic heterocycles. The van der Waals surface area contributed by atoms with E-state index in [-0.39, 0.29) is 33.5 Å². The lowest BCUT2D eigenvalue weighted by Crippen LogP contribution is -2.41. The van der Waals surface area contributed by atoms with E-state index in [0.29, 0.717) is 29.1 Å². The van der Waals surface area contributed by atoms with Crippen LogP contribution in [-0.2, 0) is 9.31 Å². The lowest BCUT2D eigenvalue weighted by Gasteiger charge is -2.32. The molecule has 2 aromatic heterocycles. The van der Waals surface area contributed by atoms with Gasteiger partial charge < -0.3 is 19.2 Å². The van der Waals surface area contributed by atoms with Crippen LogP contribution in [0.5, 0.6) is 0 Å². The zero-order chi connectivity index (χ0) is 63.8. The van der Waals surface area contributed by atoms with E-state index in [0.717, 1.165) is 60.2 Å². The summed E-state index contributed by atoms with van der Waals surface area (Å²) in [6, 6.07) is 105. The monoisotopic (exact) mass is 1270 g/mol. The summed E-state index contributed by atoms with van der Waals surface area (Å²) in [4.78, 5) is 28.4. The molecular weight excluding hydrogens is 1200 g/mol. The third-order valence-corrected chi connectivity index (χ3v) is 18.1. The van der Waals surface area contributed by atoms with E-state index in [9.17, 15) is 0 Å². The van der Waals surface area contributed by atoms with Crippen molar-refractivity contribution in [2.45, 2.75) is 38.9 Å². The summed E-state index contributed by atoms with van der Waals surface area (Å²) >= 11 is 6.22. The number of nitrogens with zero attached hydrogens (tertiary/aromatic N) is 6. The van der Waals surface area contributed by atoms with Crippen LogP contribution in [0.15, 0.2) is 303 Å². The molecule has 3 heterocycles. The molecule has 11 heteroatoms. The Labute approximate surface area is 561 Å². The van der Waals surface area contributed by atoms with Crippen molar-refractivity contribution < 1.29 is 9.31 Å². The summed E-state index contributed by atoms with van der Waals surface area (Å²) in [5.74, 6) is 3.13. The second-order valence-electron chi connectivity index (χ2n) is 24.7. The Morgan fingerprint density at radius 1 is 0.242 bits per heavy atom. The van der Waals surface area contributed by atoms with E-state index in [1.54, 1.807) is 0 Å². The van der Waals surface area contributed by atoms with Crippen LogP contribution >= 0.6 is 21.5 Å². The fourth-order valence-electron chi connectivity index (χ4n) is 12.1. The zero-order valence-corrected chi connectivity index (χ0v) is 54.8. The second kappa shape index (κ2) is 26.4. The quantitative estimate of drug-likeness (QED) is 0.110. The highest BCUT2D eigenvalue weighted by atomic mass is 35.5. The molecule has 95 heavy (non-hydrogen) atoms. The lowest BCUT2D eigenvalue weighted by molar-refractivity contribution is 0.00578. The molecular formula is C84H64BClN6O2P-. The van der Waals surface area contributed by atoms with Crippen LogP contribution in [0.4, 0.5) is 0 Å². The number of hydrogen-bond donors (Lipinski definition) is 0. The molecule has 14 aromatic carbocycles. The highest BCUT2D eigenvalue weighted by Gasteiger charge is 2.51. The Morgan fingerprint density at radius 2 is 0.474 bits per heavy atom. The van der Waals surface area contributed by atoms with Crippen LogP contribution in [0.2, 0.25) is 5.28 Å². The van der Waals surface area contributed by atoms with E-state index < -0.39 is 0 Å². The fraction of sp³-hybridized carbons (Fsp3) is 0.0714. The predicted octanol–water partition coefficient (Wildman–Crippen LogP) is 21.3. The van der Waals surface area contributed by atoms with Gasteiger partial charge in [0.05, 0.1) is 11.2 Å². The van der Waals surface area contributed by atoms with Gasteiger partial charge in [-0.15, -0.1) is 0 Å². The van der Waals surface area contributed by atoms with Crippen LogP contribution in [0.3, 0.4) is 0 Å². The second-order valence-corrected chi connectivity index (χ2v) is 25.1. The van der Waals surface area contributed by atoms with Crippen molar-refractivity contribution in [3.8, 4) is 79.2 Å². The number of halogens is 1. The molecule has 0 spiro atoms. The van der Waals surface area contributed by atoms with Crippen molar-refractivity contribution in [1.29, 1.82) is 0 Å². The normalized spacial score (nSPS) is 13.1. The number of fused-ring (bicyclic) bond motifs is 6. The first kappa shape index (κ1) is 61.8. The van der Waals surface area contributed by atoms with Crippen molar-refractivity contribution in [2.75, 3.05) is 0 Å². The fourth-order valence-corrected chi connectivity index (χ4v) is 12.2. The Kier molecular flexibility index (Phi) is 17.2. The minimum atomic E-state index is -0.316. The van der Waals surface area contributed by atoms with E-state index in [1.807, 2.05) is 48.5 Å². The number of benzene rings is 14. The smallest absolute Gasteiger partial charge is 0.494 e. The molecule has 458 valence electrons. The Morgan fingerprint density at radius 3 is 0.800 bits per heavy atom. The van der Waals surface area contributed by atoms with Crippen LogP contribution in [-0.4, -0.2) is 48.2 Å². The van der Waals surface area contributed by atoms with Crippen molar-refractivity contribution in [3.05, 3.63) is 309 Å². The van der Waals surface area contributed by atoms with Gasteiger partial charge in [-0.3, -0.25) is 0 Å². The lowest BCUT2D eigenvalue weighted by atomic mass is 9.78. The van der Waals surface area contributed by atoms with Gasteiger partial charge in [-0.25, -0.2) is 19.9 Å². The topological polar surface area (TPSA) is 95.8 Å². The first-order chi connectivity index (χ1) is 45.9. The zero-order valence-electron chi connectivity index (χ0n) is 52.9. The number of hydrogen-bond acceptors (Lipinski definition) is 8. The van der Waals surface area contributed by atoms with Crippen molar-refractivity contribution >= 4 is 98.7 Å². The Hall–Kier alpha value is -10.6. The summed E-state index contributed by atoms with van der Waals surface area (Å²) in [5.41, 5.74) is 10.0. The molecule has 17 rings (SSSR count). The van der Waals surface area contributed by atoms with Gasteiger partial charge in [0.25, 0.3) is 0 Å². The molecule has 16 aromatic rings. The summed E-state index contributed by atoms with van der Waals surface area (Å²) in [7, 11) is -0.316. The van der Waals surface area contributed by atoms with Crippen LogP contribution in [0.25, 0.3) is 144 Å². The van der Waals surface area contributed by atoms with Crippen molar-refractivity contribution in [1.82, 2.24) is 29.9 Å². The van der Waals surface area contributed by atoms with Crippen molar-refractivity contribution in [3.63, 3.8) is 0 Å². The minimum absolute atomic E-state index is 0. The third kappa shape index (κ3) is 13.2. The molecule has 8 nitrogen and oxygen atoms in total. The van der Waals surface area contributed by atoms with Gasteiger partial charge in [0, 0.05) is 27.8 Å². The maximum Gasteiger partial charge on any atom is 0.494 e. The molecule has 1 saturated heterocycles. The van der Waals surface area contributed by atoms with Gasteiger partial charge in [0.2, 0.25) is 5.28 Å². The average Bonchev–Trinajstić information content (AvgIpc) is 1.77. The highest BCUT2D eigenvalue weighted by Crippen LogP contribution is 2.38. The summed E-state index contributed by atoms with van der Waals surface area (Å²) in [5, 5.41) is 14.3. The molecule has 0 atom stereocenters. The van der Waals surface area contributed by atoms with Crippen LogP contribution in [0, 0.1) is 0 Å². The van der Waals surface area contributed by atoms with Gasteiger partial charge in [-0.05, 0) is 174 Å². The van der Waals surface area contributed by atoms with Crippen molar-refractivity contribution in [2.24, 2.45) is 0 Å². The first-order valence-electron chi connectivity index (χ1n) is 31.6. The molecule has 0 radical (unpaired) electrons.